The van der Waals surface area contributed by atoms with Crippen LogP contribution in [0.2, 0.25) is 0 Å². The largest absolute Gasteiger partial charge is 0.376 e. The third-order valence-corrected chi connectivity index (χ3v) is 8.44. The van der Waals surface area contributed by atoms with Crippen LogP contribution in [0.15, 0.2) is 47.3 Å². The SMILES string of the molecule is CCc1ccc2[nH]c(=O)c(C(c3nnnn3CC3CCCO3)N3CCN(c4cccc(C)c4C)CC3)cc2c1. The monoisotopic (exact) mass is 527 g/mol. The molecule has 204 valence electrons. The molecule has 39 heavy (non-hydrogen) atoms. The third kappa shape index (κ3) is 5.08. The number of benzene rings is 2. The predicted octanol–water partition coefficient (Wildman–Crippen LogP) is 3.78. The van der Waals surface area contributed by atoms with E-state index >= 15 is 0 Å². The number of nitrogens with one attached hydrogen (secondary N) is 1. The summed E-state index contributed by atoms with van der Waals surface area (Å²) in [6, 6.07) is 14.4. The van der Waals surface area contributed by atoms with E-state index in [1.807, 2.05) is 16.8 Å². The van der Waals surface area contributed by atoms with E-state index in [-0.39, 0.29) is 17.7 Å². The molecule has 9 nitrogen and oxygen atoms in total. The number of anilines is 1. The first-order chi connectivity index (χ1) is 19.0. The summed E-state index contributed by atoms with van der Waals surface area (Å²) in [5.41, 5.74) is 6.57. The van der Waals surface area contributed by atoms with Gasteiger partial charge in [-0.2, -0.15) is 0 Å². The number of hydrogen-bond donors (Lipinski definition) is 1. The molecule has 0 spiro atoms. The lowest BCUT2D eigenvalue weighted by Gasteiger charge is -2.40. The lowest BCUT2D eigenvalue weighted by molar-refractivity contribution is 0.0906. The summed E-state index contributed by atoms with van der Waals surface area (Å²) in [5, 5.41) is 14.0. The van der Waals surface area contributed by atoms with Gasteiger partial charge >= 0.3 is 0 Å². The molecule has 2 fully saturated rings. The first kappa shape index (κ1) is 25.7. The van der Waals surface area contributed by atoms with Gasteiger partial charge in [-0.3, -0.25) is 9.69 Å². The maximum atomic E-state index is 13.6. The number of tetrazole rings is 1. The number of hydrogen-bond acceptors (Lipinski definition) is 7. The number of nitrogens with zero attached hydrogens (tertiary/aromatic N) is 6. The second-order valence-electron chi connectivity index (χ2n) is 10.8. The van der Waals surface area contributed by atoms with Crippen molar-refractivity contribution in [3.05, 3.63) is 80.9 Å². The van der Waals surface area contributed by atoms with Crippen molar-refractivity contribution in [1.29, 1.82) is 0 Å². The molecular formula is C30H37N7O2. The highest BCUT2D eigenvalue weighted by molar-refractivity contribution is 5.80. The molecule has 4 heterocycles. The lowest BCUT2D eigenvalue weighted by atomic mass is 10.0. The van der Waals surface area contributed by atoms with Crippen molar-refractivity contribution in [3.8, 4) is 0 Å². The Hall–Kier alpha value is -3.56. The number of fused-ring (bicyclic) bond motifs is 1. The molecule has 2 saturated heterocycles. The predicted molar refractivity (Wildman–Crippen MR) is 152 cm³/mol. The fourth-order valence-corrected chi connectivity index (χ4v) is 6.01. The van der Waals surface area contributed by atoms with E-state index in [9.17, 15) is 4.79 Å². The van der Waals surface area contributed by atoms with Crippen LogP contribution in [0, 0.1) is 13.8 Å². The molecule has 0 amide bonds. The molecule has 0 aliphatic carbocycles. The van der Waals surface area contributed by atoms with Crippen LogP contribution in [0.5, 0.6) is 0 Å². The van der Waals surface area contributed by atoms with E-state index in [0.717, 1.165) is 63.0 Å². The van der Waals surface area contributed by atoms with Gasteiger partial charge in [0.05, 0.1) is 12.6 Å². The maximum Gasteiger partial charge on any atom is 0.253 e. The van der Waals surface area contributed by atoms with Crippen molar-refractivity contribution in [2.75, 3.05) is 37.7 Å². The second kappa shape index (κ2) is 10.9. The summed E-state index contributed by atoms with van der Waals surface area (Å²) in [4.78, 5) is 21.5. The smallest absolute Gasteiger partial charge is 0.253 e. The number of pyridine rings is 1. The highest BCUT2D eigenvalue weighted by atomic mass is 16.5. The Balaban J connectivity index is 1.37. The average Bonchev–Trinajstić information content (AvgIpc) is 3.64. The Morgan fingerprint density at radius 1 is 1.10 bits per heavy atom. The van der Waals surface area contributed by atoms with Crippen molar-refractivity contribution < 1.29 is 4.74 Å². The maximum absolute atomic E-state index is 13.6. The molecule has 9 heteroatoms. The number of rotatable bonds is 7. The zero-order valence-corrected chi connectivity index (χ0v) is 23.1. The molecule has 6 rings (SSSR count). The zero-order chi connectivity index (χ0) is 26.9. The van der Waals surface area contributed by atoms with Crippen LogP contribution in [-0.2, 0) is 17.7 Å². The van der Waals surface area contributed by atoms with Gasteiger partial charge in [-0.1, -0.05) is 25.1 Å². The Bertz CT molecular complexity index is 1510. The Labute approximate surface area is 228 Å². The molecule has 2 unspecified atom stereocenters. The van der Waals surface area contributed by atoms with E-state index in [4.69, 9.17) is 4.74 Å². The number of aromatic amines is 1. The highest BCUT2D eigenvalue weighted by Gasteiger charge is 2.34. The first-order valence-corrected chi connectivity index (χ1v) is 14.1. The summed E-state index contributed by atoms with van der Waals surface area (Å²) in [6.45, 7) is 11.2. The molecule has 2 aromatic carbocycles. The van der Waals surface area contributed by atoms with Crippen LogP contribution in [0.25, 0.3) is 10.9 Å². The van der Waals surface area contributed by atoms with Crippen LogP contribution < -0.4 is 10.5 Å². The zero-order valence-electron chi connectivity index (χ0n) is 23.1. The fraction of sp³-hybridized carbons (Fsp3) is 0.467. The van der Waals surface area contributed by atoms with Gasteiger partial charge < -0.3 is 14.6 Å². The standard InChI is InChI=1S/C30H37N7O2/c1-4-22-10-11-26-23(17-22)18-25(30(38)31-26)28(29-32-33-34-37(29)19-24-8-6-16-39-24)36-14-12-35(13-15-36)27-9-5-7-20(2)21(27)3/h5,7,9-11,17-18,24,28H,4,6,8,12-16,19H2,1-3H3,(H,31,38). The molecule has 1 N–H and O–H groups in total. The number of aromatic nitrogens is 5. The van der Waals surface area contributed by atoms with Gasteiger partial charge in [0.1, 0.15) is 6.04 Å². The van der Waals surface area contributed by atoms with E-state index in [1.54, 1.807) is 0 Å². The molecular weight excluding hydrogens is 490 g/mol. The van der Waals surface area contributed by atoms with Crippen molar-refractivity contribution >= 4 is 16.6 Å². The Kier molecular flexibility index (Phi) is 7.18. The quantitative estimate of drug-likeness (QED) is 0.391. The summed E-state index contributed by atoms with van der Waals surface area (Å²) in [7, 11) is 0. The number of H-pyrrole nitrogens is 1. The molecule has 0 bridgehead atoms. The van der Waals surface area contributed by atoms with Gasteiger partial charge in [0, 0.05) is 49.6 Å². The second-order valence-corrected chi connectivity index (χ2v) is 10.8. The fourth-order valence-electron chi connectivity index (χ4n) is 6.01. The van der Waals surface area contributed by atoms with Crippen molar-refractivity contribution in [1.82, 2.24) is 30.1 Å². The van der Waals surface area contributed by atoms with Crippen molar-refractivity contribution in [2.24, 2.45) is 0 Å². The van der Waals surface area contributed by atoms with E-state index in [2.05, 4.69) is 81.4 Å². The number of ether oxygens (including phenoxy) is 1. The lowest BCUT2D eigenvalue weighted by Crippen LogP contribution is -2.49. The average molecular weight is 528 g/mol. The minimum atomic E-state index is -0.361. The summed E-state index contributed by atoms with van der Waals surface area (Å²) < 4.78 is 7.75. The van der Waals surface area contributed by atoms with Crippen LogP contribution >= 0.6 is 0 Å². The van der Waals surface area contributed by atoms with Gasteiger partial charge in [0.2, 0.25) is 0 Å². The molecule has 2 atom stereocenters. The molecule has 2 aliphatic rings. The van der Waals surface area contributed by atoms with Crippen molar-refractivity contribution in [2.45, 2.75) is 58.7 Å². The molecule has 4 aromatic rings. The number of piperazine rings is 1. The van der Waals surface area contributed by atoms with Crippen LogP contribution in [0.1, 0.15) is 53.9 Å². The first-order valence-electron chi connectivity index (χ1n) is 14.1. The summed E-state index contributed by atoms with van der Waals surface area (Å²) >= 11 is 0. The summed E-state index contributed by atoms with van der Waals surface area (Å²) in [5.74, 6) is 0.696. The van der Waals surface area contributed by atoms with Gasteiger partial charge in [-0.05, 0) is 89.9 Å². The van der Waals surface area contributed by atoms with E-state index in [0.29, 0.717) is 17.9 Å². The Morgan fingerprint density at radius 3 is 2.72 bits per heavy atom. The van der Waals surface area contributed by atoms with Crippen LogP contribution in [0.4, 0.5) is 5.69 Å². The molecule has 0 saturated carbocycles. The van der Waals surface area contributed by atoms with Gasteiger partial charge in [-0.25, -0.2) is 4.68 Å². The third-order valence-electron chi connectivity index (χ3n) is 8.44. The normalized spacial score (nSPS) is 19.2. The number of aryl methyl sites for hydroxylation is 2. The van der Waals surface area contributed by atoms with Gasteiger partial charge in [-0.15, -0.1) is 5.10 Å². The van der Waals surface area contributed by atoms with Gasteiger partial charge in [0.25, 0.3) is 5.56 Å². The minimum Gasteiger partial charge on any atom is -0.376 e. The van der Waals surface area contributed by atoms with Crippen LogP contribution in [-0.4, -0.2) is 69.0 Å². The molecule has 2 aromatic heterocycles. The van der Waals surface area contributed by atoms with E-state index < -0.39 is 0 Å². The Morgan fingerprint density at radius 2 is 1.95 bits per heavy atom. The van der Waals surface area contributed by atoms with E-state index in [1.165, 1.54) is 22.4 Å². The highest BCUT2D eigenvalue weighted by Crippen LogP contribution is 2.31. The van der Waals surface area contributed by atoms with Crippen molar-refractivity contribution in [3.63, 3.8) is 0 Å². The summed E-state index contributed by atoms with van der Waals surface area (Å²) in [6.07, 6.45) is 3.08. The molecule has 2 aliphatic heterocycles. The van der Waals surface area contributed by atoms with Crippen LogP contribution in [0.3, 0.4) is 0 Å². The van der Waals surface area contributed by atoms with Gasteiger partial charge in [0.15, 0.2) is 5.82 Å². The molecule has 0 radical (unpaired) electrons. The minimum absolute atomic E-state index is 0.0936. The topological polar surface area (TPSA) is 92.2 Å².